The summed E-state index contributed by atoms with van der Waals surface area (Å²) in [4.78, 5) is 20.7. The van der Waals surface area contributed by atoms with Crippen LogP contribution in [0.25, 0.3) is 5.57 Å². The zero-order chi connectivity index (χ0) is 24.1. The van der Waals surface area contributed by atoms with Crippen molar-refractivity contribution in [2.45, 2.75) is 31.1 Å². The molecule has 34 heavy (non-hydrogen) atoms. The lowest BCUT2D eigenvalue weighted by atomic mass is 9.88. The highest BCUT2D eigenvalue weighted by atomic mass is 32.2. The largest absolute Gasteiger partial charge is 0.466 e. The van der Waals surface area contributed by atoms with E-state index in [0.29, 0.717) is 37.3 Å². The number of hydrogen-bond acceptors (Lipinski definition) is 8. The first kappa shape index (κ1) is 23.4. The van der Waals surface area contributed by atoms with Gasteiger partial charge in [0.2, 0.25) is 11.8 Å². The lowest BCUT2D eigenvalue weighted by Crippen LogP contribution is -2.20. The Labute approximate surface area is 197 Å². The van der Waals surface area contributed by atoms with Gasteiger partial charge in [0.25, 0.3) is 10.0 Å². The summed E-state index contributed by atoms with van der Waals surface area (Å²) in [6.07, 6.45) is 6.27. The first-order valence-electron chi connectivity index (χ1n) is 10.8. The van der Waals surface area contributed by atoms with Crippen LogP contribution in [0.15, 0.2) is 59.8 Å². The van der Waals surface area contributed by atoms with Gasteiger partial charge in [0.05, 0.1) is 24.4 Å². The summed E-state index contributed by atoms with van der Waals surface area (Å²) in [5.41, 5.74) is 1.40. The van der Waals surface area contributed by atoms with Crippen LogP contribution < -0.4 is 9.46 Å². The third kappa shape index (κ3) is 5.60. The molecule has 1 aromatic carbocycles. The Kier molecular flexibility index (Phi) is 6.92. The van der Waals surface area contributed by atoms with Crippen molar-refractivity contribution in [1.82, 2.24) is 19.7 Å². The Morgan fingerprint density at radius 1 is 1.24 bits per heavy atom. The van der Waals surface area contributed by atoms with Gasteiger partial charge in [0.15, 0.2) is 0 Å². The van der Waals surface area contributed by atoms with Crippen molar-refractivity contribution in [2.75, 3.05) is 11.3 Å². The van der Waals surface area contributed by atoms with Gasteiger partial charge in [-0.1, -0.05) is 24.3 Å². The van der Waals surface area contributed by atoms with E-state index < -0.39 is 10.0 Å². The molecule has 1 atom stereocenters. The number of allylic oxidation sites excluding steroid dienone is 2. The van der Waals surface area contributed by atoms with Crippen LogP contribution in [-0.4, -0.2) is 40.7 Å². The number of para-hydroxylation sites is 1. The topological polar surface area (TPSA) is 125 Å². The van der Waals surface area contributed by atoms with E-state index in [9.17, 15) is 13.2 Å². The van der Waals surface area contributed by atoms with Crippen LogP contribution in [0.5, 0.6) is 11.6 Å². The van der Waals surface area contributed by atoms with Crippen LogP contribution in [-0.2, 0) is 26.6 Å². The van der Waals surface area contributed by atoms with Crippen molar-refractivity contribution >= 4 is 27.5 Å². The van der Waals surface area contributed by atoms with E-state index in [0.717, 1.165) is 5.57 Å². The van der Waals surface area contributed by atoms with Crippen LogP contribution in [0.3, 0.4) is 0 Å². The maximum absolute atomic E-state index is 12.8. The molecule has 178 valence electrons. The molecule has 1 N–H and O–H groups in total. The van der Waals surface area contributed by atoms with E-state index in [1.807, 2.05) is 24.3 Å². The number of nitrogens with one attached hydrogen (secondary N) is 1. The lowest BCUT2D eigenvalue weighted by molar-refractivity contribution is -0.148. The fourth-order valence-corrected chi connectivity index (χ4v) is 4.48. The average Bonchev–Trinajstić information content (AvgIpc) is 3.27. The number of benzene rings is 1. The summed E-state index contributed by atoms with van der Waals surface area (Å²) in [5.74, 6) is 0.204. The van der Waals surface area contributed by atoms with Crippen molar-refractivity contribution in [3.8, 4) is 11.6 Å². The molecule has 11 heteroatoms. The fraction of sp³-hybridized carbons (Fsp3) is 0.304. The number of nitrogens with zero attached hydrogens (tertiary/aromatic N) is 4. The van der Waals surface area contributed by atoms with Crippen molar-refractivity contribution in [3.63, 3.8) is 0 Å². The Hall–Kier alpha value is -3.73. The van der Waals surface area contributed by atoms with E-state index in [1.54, 1.807) is 32.2 Å². The monoisotopic (exact) mass is 483 g/mol. The van der Waals surface area contributed by atoms with E-state index in [1.165, 1.54) is 17.1 Å². The number of anilines is 1. The second-order valence-corrected chi connectivity index (χ2v) is 9.42. The Bertz CT molecular complexity index is 1300. The maximum Gasteiger partial charge on any atom is 0.309 e. The van der Waals surface area contributed by atoms with Crippen molar-refractivity contribution in [3.05, 3.63) is 60.6 Å². The number of aromatic nitrogens is 4. The summed E-state index contributed by atoms with van der Waals surface area (Å²) >= 11 is 0. The molecule has 0 spiro atoms. The molecule has 0 bridgehead atoms. The summed E-state index contributed by atoms with van der Waals surface area (Å²) in [7, 11) is -2.32. The van der Waals surface area contributed by atoms with Gasteiger partial charge in [-0.2, -0.15) is 10.1 Å². The van der Waals surface area contributed by atoms with Gasteiger partial charge in [-0.3, -0.25) is 9.48 Å². The summed E-state index contributed by atoms with van der Waals surface area (Å²) < 4.78 is 40.4. The smallest absolute Gasteiger partial charge is 0.309 e. The van der Waals surface area contributed by atoms with Crippen LogP contribution in [0.1, 0.15) is 31.9 Å². The highest BCUT2D eigenvalue weighted by Crippen LogP contribution is 2.32. The predicted octanol–water partition coefficient (Wildman–Crippen LogP) is 3.55. The Balaban J connectivity index is 1.64. The highest BCUT2D eigenvalue weighted by molar-refractivity contribution is 7.92. The zero-order valence-electron chi connectivity index (χ0n) is 18.8. The van der Waals surface area contributed by atoms with Gasteiger partial charge in [-0.05, 0) is 43.9 Å². The number of hydrogen-bond donors (Lipinski definition) is 1. The molecule has 0 fully saturated rings. The molecule has 1 aliphatic rings. The van der Waals surface area contributed by atoms with Crippen LogP contribution in [0.4, 0.5) is 5.95 Å². The molecule has 10 nitrogen and oxygen atoms in total. The average molecular weight is 484 g/mol. The minimum Gasteiger partial charge on any atom is -0.466 e. The molecule has 0 radical (unpaired) electrons. The first-order chi connectivity index (χ1) is 16.3. The zero-order valence-corrected chi connectivity index (χ0v) is 19.7. The van der Waals surface area contributed by atoms with Gasteiger partial charge >= 0.3 is 5.97 Å². The number of ether oxygens (including phenoxy) is 2. The molecule has 3 aromatic rings. The molecular formula is C23H25N5O5S. The number of carbonyl (C=O) groups excluding carboxylic acids is 1. The second-order valence-electron chi connectivity index (χ2n) is 7.74. The molecule has 4 rings (SSSR count). The van der Waals surface area contributed by atoms with Crippen LogP contribution in [0, 0.1) is 5.92 Å². The molecule has 1 unspecified atom stereocenters. The van der Waals surface area contributed by atoms with E-state index in [-0.39, 0.29) is 28.6 Å². The van der Waals surface area contributed by atoms with Crippen molar-refractivity contribution < 1.29 is 22.7 Å². The number of esters is 1. The number of aryl methyl sites for hydroxylation is 1. The van der Waals surface area contributed by atoms with E-state index in [4.69, 9.17) is 9.47 Å². The Morgan fingerprint density at radius 3 is 2.68 bits per heavy atom. The minimum atomic E-state index is -3.95. The van der Waals surface area contributed by atoms with Gasteiger partial charge in [0, 0.05) is 19.3 Å². The van der Waals surface area contributed by atoms with Crippen LogP contribution >= 0.6 is 0 Å². The van der Waals surface area contributed by atoms with Gasteiger partial charge in [-0.25, -0.2) is 18.1 Å². The molecule has 0 saturated heterocycles. The third-order valence-corrected chi connectivity index (χ3v) is 6.53. The number of carbonyl (C=O) groups is 1. The minimum absolute atomic E-state index is 0.0105. The second kappa shape index (κ2) is 10.0. The van der Waals surface area contributed by atoms with E-state index in [2.05, 4.69) is 19.8 Å². The summed E-state index contributed by atoms with van der Waals surface area (Å²) in [6.45, 7) is 2.13. The highest BCUT2D eigenvalue weighted by Gasteiger charge is 2.25. The van der Waals surface area contributed by atoms with Crippen molar-refractivity contribution in [2.24, 2.45) is 13.0 Å². The molecule has 0 saturated carbocycles. The standard InChI is InChI=1S/C23H25N5O5S/c1-3-32-22(29)17-11-9-16(10-12-17)20-13-21(33-18-7-5-4-6-8-18)26-23(25-20)27-34(30,31)19-14-24-28(2)15-19/h4-9,13-15,17H,3,10-12H2,1-2H3,(H,25,26,27). The first-order valence-corrected chi connectivity index (χ1v) is 12.3. The van der Waals surface area contributed by atoms with Crippen molar-refractivity contribution in [1.29, 1.82) is 0 Å². The molecule has 2 aromatic heterocycles. The number of rotatable bonds is 8. The normalized spacial score (nSPS) is 15.9. The van der Waals surface area contributed by atoms with E-state index >= 15 is 0 Å². The van der Waals surface area contributed by atoms with Gasteiger partial charge in [-0.15, -0.1) is 0 Å². The molecule has 0 aliphatic heterocycles. The third-order valence-electron chi connectivity index (χ3n) is 5.25. The molecule has 1 aliphatic carbocycles. The Morgan fingerprint density at radius 2 is 2.03 bits per heavy atom. The predicted molar refractivity (Wildman–Crippen MR) is 125 cm³/mol. The quantitative estimate of drug-likeness (QED) is 0.482. The summed E-state index contributed by atoms with van der Waals surface area (Å²) in [5, 5.41) is 3.91. The SMILES string of the molecule is CCOC(=O)C1CC=C(c2cc(Oc3ccccc3)nc(NS(=O)(=O)c3cnn(C)c3)n2)CC1. The van der Waals surface area contributed by atoms with Crippen LogP contribution in [0.2, 0.25) is 0 Å². The maximum atomic E-state index is 12.8. The molecule has 2 heterocycles. The summed E-state index contributed by atoms with van der Waals surface area (Å²) in [6, 6.07) is 10.7. The molecular weight excluding hydrogens is 458 g/mol. The van der Waals surface area contributed by atoms with Gasteiger partial charge in [0.1, 0.15) is 10.6 Å². The lowest BCUT2D eigenvalue weighted by Gasteiger charge is -2.20. The fourth-order valence-electron chi connectivity index (χ4n) is 3.55. The molecule has 0 amide bonds. The number of sulfonamides is 1. The van der Waals surface area contributed by atoms with Gasteiger partial charge < -0.3 is 9.47 Å².